The molecule has 0 aromatic heterocycles. The summed E-state index contributed by atoms with van der Waals surface area (Å²) in [6, 6.07) is 23.0. The van der Waals surface area contributed by atoms with Crippen molar-refractivity contribution in [3.05, 3.63) is 107 Å². The van der Waals surface area contributed by atoms with Crippen molar-refractivity contribution in [3.63, 3.8) is 0 Å². The molecule has 4 rings (SSSR count). The standard InChI is InChI=1S/C31H29FN2O4/c1-19-9-13-22(14-10-19)33-30(37)34-26-17-20(23-15-12-21(32)18-24(23)29(35)36)11-16-28(26)38-27-8-6-5-7-25(27)31(2,3)4/h5-18H,1-4H3,(H,35,36)(H2,33,34,37). The van der Waals surface area contributed by atoms with Crippen LogP contribution in [0.5, 0.6) is 11.5 Å². The molecule has 0 saturated carbocycles. The molecule has 2 amide bonds. The second-order valence-corrected chi connectivity index (χ2v) is 10.00. The number of para-hydroxylation sites is 1. The van der Waals surface area contributed by atoms with Gasteiger partial charge in [-0.05, 0) is 65.9 Å². The Bertz CT molecular complexity index is 1490. The van der Waals surface area contributed by atoms with E-state index in [-0.39, 0.29) is 11.0 Å². The van der Waals surface area contributed by atoms with Gasteiger partial charge >= 0.3 is 12.0 Å². The Morgan fingerprint density at radius 3 is 2.24 bits per heavy atom. The molecule has 0 atom stereocenters. The molecule has 0 fully saturated rings. The van der Waals surface area contributed by atoms with E-state index in [1.165, 1.54) is 12.1 Å². The third kappa shape index (κ3) is 6.18. The molecule has 4 aromatic carbocycles. The first kappa shape index (κ1) is 26.4. The second-order valence-electron chi connectivity index (χ2n) is 10.00. The molecule has 7 heteroatoms. The smallest absolute Gasteiger partial charge is 0.336 e. The normalized spacial score (nSPS) is 11.1. The van der Waals surface area contributed by atoms with Crippen LogP contribution in [0.15, 0.2) is 84.9 Å². The zero-order valence-corrected chi connectivity index (χ0v) is 21.6. The summed E-state index contributed by atoms with van der Waals surface area (Å²) < 4.78 is 20.1. The molecule has 0 bridgehead atoms. The van der Waals surface area contributed by atoms with Gasteiger partial charge < -0.3 is 20.5 Å². The highest BCUT2D eigenvalue weighted by molar-refractivity contribution is 6.02. The minimum atomic E-state index is -1.26. The summed E-state index contributed by atoms with van der Waals surface area (Å²) in [5, 5.41) is 15.3. The van der Waals surface area contributed by atoms with E-state index in [1.807, 2.05) is 43.3 Å². The average molecular weight is 513 g/mol. The van der Waals surface area contributed by atoms with Gasteiger partial charge in [0.05, 0.1) is 11.3 Å². The molecule has 0 spiro atoms. The summed E-state index contributed by atoms with van der Waals surface area (Å²) in [6.07, 6.45) is 0. The van der Waals surface area contributed by atoms with Crippen LogP contribution < -0.4 is 15.4 Å². The molecule has 0 saturated heterocycles. The molecule has 0 aliphatic rings. The Kier molecular flexibility index (Phi) is 7.48. The highest BCUT2D eigenvalue weighted by atomic mass is 19.1. The van der Waals surface area contributed by atoms with Crippen molar-refractivity contribution >= 4 is 23.4 Å². The van der Waals surface area contributed by atoms with Crippen LogP contribution >= 0.6 is 0 Å². The fraction of sp³-hybridized carbons (Fsp3) is 0.161. The van der Waals surface area contributed by atoms with Gasteiger partial charge in [-0.15, -0.1) is 0 Å². The average Bonchev–Trinajstić information content (AvgIpc) is 2.86. The number of carbonyl (C=O) groups excluding carboxylic acids is 1. The van der Waals surface area contributed by atoms with Crippen LogP contribution in [-0.2, 0) is 5.41 Å². The molecule has 0 aliphatic carbocycles. The molecule has 0 heterocycles. The number of ether oxygens (including phenoxy) is 1. The lowest BCUT2D eigenvalue weighted by molar-refractivity contribution is 0.0697. The summed E-state index contributed by atoms with van der Waals surface area (Å²) >= 11 is 0. The number of anilines is 2. The number of aromatic carboxylic acids is 1. The van der Waals surface area contributed by atoms with E-state index in [2.05, 4.69) is 31.4 Å². The van der Waals surface area contributed by atoms with Gasteiger partial charge in [0.25, 0.3) is 0 Å². The van der Waals surface area contributed by atoms with Crippen molar-refractivity contribution < 1.29 is 23.8 Å². The van der Waals surface area contributed by atoms with E-state index in [9.17, 15) is 19.1 Å². The topological polar surface area (TPSA) is 87.7 Å². The number of benzene rings is 4. The van der Waals surface area contributed by atoms with Crippen molar-refractivity contribution in [3.8, 4) is 22.6 Å². The third-order valence-corrected chi connectivity index (χ3v) is 5.98. The molecule has 194 valence electrons. The van der Waals surface area contributed by atoms with E-state index < -0.39 is 17.8 Å². The van der Waals surface area contributed by atoms with Crippen LogP contribution in [0.25, 0.3) is 11.1 Å². The number of halogens is 1. The van der Waals surface area contributed by atoms with Crippen LogP contribution in [0.2, 0.25) is 0 Å². The largest absolute Gasteiger partial charge is 0.478 e. The monoisotopic (exact) mass is 512 g/mol. The van der Waals surface area contributed by atoms with Crippen LogP contribution in [-0.4, -0.2) is 17.1 Å². The molecule has 0 unspecified atom stereocenters. The lowest BCUT2D eigenvalue weighted by Crippen LogP contribution is -2.20. The Balaban J connectivity index is 1.75. The van der Waals surface area contributed by atoms with E-state index in [4.69, 9.17) is 4.74 Å². The molecule has 3 N–H and O–H groups in total. The minimum absolute atomic E-state index is 0.188. The van der Waals surface area contributed by atoms with Crippen molar-refractivity contribution in [2.45, 2.75) is 33.1 Å². The number of amides is 2. The number of aryl methyl sites for hydroxylation is 1. The maximum atomic E-state index is 13.8. The number of urea groups is 1. The predicted molar refractivity (Wildman–Crippen MR) is 148 cm³/mol. The fourth-order valence-electron chi connectivity index (χ4n) is 4.04. The van der Waals surface area contributed by atoms with E-state index >= 15 is 0 Å². The molecule has 6 nitrogen and oxygen atoms in total. The summed E-state index contributed by atoms with van der Waals surface area (Å²) in [4.78, 5) is 24.7. The van der Waals surface area contributed by atoms with Crippen molar-refractivity contribution in [2.75, 3.05) is 10.6 Å². The second kappa shape index (κ2) is 10.8. The van der Waals surface area contributed by atoms with Crippen LogP contribution in [0.4, 0.5) is 20.6 Å². The predicted octanol–water partition coefficient (Wildman–Crippen LogP) is 8.23. The molecule has 0 aliphatic heterocycles. The lowest BCUT2D eigenvalue weighted by atomic mass is 9.86. The van der Waals surface area contributed by atoms with Gasteiger partial charge in [0, 0.05) is 11.3 Å². The minimum Gasteiger partial charge on any atom is -0.478 e. The third-order valence-electron chi connectivity index (χ3n) is 5.98. The first-order valence-electron chi connectivity index (χ1n) is 12.1. The number of nitrogens with one attached hydrogen (secondary N) is 2. The van der Waals surface area contributed by atoms with Crippen LogP contribution in [0.3, 0.4) is 0 Å². The van der Waals surface area contributed by atoms with E-state index in [0.717, 1.165) is 17.2 Å². The molecule has 38 heavy (non-hydrogen) atoms. The maximum absolute atomic E-state index is 13.8. The fourth-order valence-corrected chi connectivity index (χ4v) is 4.04. The first-order chi connectivity index (χ1) is 18.0. The Morgan fingerprint density at radius 1 is 0.842 bits per heavy atom. The Labute approximate surface area is 221 Å². The van der Waals surface area contributed by atoms with Gasteiger partial charge in [0.15, 0.2) is 5.75 Å². The first-order valence-corrected chi connectivity index (χ1v) is 12.1. The lowest BCUT2D eigenvalue weighted by Gasteiger charge is -2.23. The zero-order valence-electron chi connectivity index (χ0n) is 21.6. The number of rotatable bonds is 6. The quantitative estimate of drug-likeness (QED) is 0.243. The summed E-state index contributed by atoms with van der Waals surface area (Å²) in [6.45, 7) is 8.19. The molecule has 4 aromatic rings. The van der Waals surface area contributed by atoms with Gasteiger partial charge in [-0.25, -0.2) is 14.0 Å². The number of hydrogen-bond donors (Lipinski definition) is 3. The highest BCUT2D eigenvalue weighted by Crippen LogP contribution is 2.39. The van der Waals surface area contributed by atoms with E-state index in [1.54, 1.807) is 30.3 Å². The van der Waals surface area contributed by atoms with Crippen LogP contribution in [0.1, 0.15) is 42.3 Å². The van der Waals surface area contributed by atoms with Crippen LogP contribution in [0, 0.1) is 12.7 Å². The SMILES string of the molecule is Cc1ccc(NC(=O)Nc2cc(-c3ccc(F)cc3C(=O)O)ccc2Oc2ccccc2C(C)(C)C)cc1. The zero-order chi connectivity index (χ0) is 27.4. The molecular weight excluding hydrogens is 483 g/mol. The van der Waals surface area contributed by atoms with Gasteiger partial charge in [0.1, 0.15) is 11.6 Å². The number of carbonyl (C=O) groups is 2. The Morgan fingerprint density at radius 2 is 1.55 bits per heavy atom. The highest BCUT2D eigenvalue weighted by Gasteiger charge is 2.21. The summed E-state index contributed by atoms with van der Waals surface area (Å²) in [7, 11) is 0. The Hall–Kier alpha value is -4.65. The van der Waals surface area contributed by atoms with Gasteiger partial charge in [0.2, 0.25) is 0 Å². The molecule has 0 radical (unpaired) electrons. The van der Waals surface area contributed by atoms with Crippen molar-refractivity contribution in [1.82, 2.24) is 0 Å². The van der Waals surface area contributed by atoms with Gasteiger partial charge in [-0.3, -0.25) is 0 Å². The maximum Gasteiger partial charge on any atom is 0.336 e. The number of hydrogen-bond acceptors (Lipinski definition) is 3. The number of carboxylic acids is 1. The molecular formula is C31H29FN2O4. The van der Waals surface area contributed by atoms with Gasteiger partial charge in [-0.2, -0.15) is 0 Å². The van der Waals surface area contributed by atoms with Crippen molar-refractivity contribution in [2.24, 2.45) is 0 Å². The summed E-state index contributed by atoms with van der Waals surface area (Å²) in [5.41, 5.74) is 3.36. The van der Waals surface area contributed by atoms with Gasteiger partial charge in [-0.1, -0.05) is 68.8 Å². The summed E-state index contributed by atoms with van der Waals surface area (Å²) in [5.74, 6) is -0.919. The number of carboxylic acid groups (broad SMARTS) is 1. The van der Waals surface area contributed by atoms with Crippen molar-refractivity contribution in [1.29, 1.82) is 0 Å². The van der Waals surface area contributed by atoms with E-state index in [0.29, 0.717) is 34.0 Å².